The first-order chi connectivity index (χ1) is 6.89. The summed E-state index contributed by atoms with van der Waals surface area (Å²) in [6.07, 6.45) is -3.68. The molecule has 0 bridgehead atoms. The molecule has 0 saturated carbocycles. The Hall–Kier alpha value is -0.300. The first-order valence-electron chi connectivity index (χ1n) is 4.39. The van der Waals surface area contributed by atoms with E-state index in [4.69, 9.17) is 0 Å². The van der Waals surface area contributed by atoms with Gasteiger partial charge in [0.05, 0.1) is 0 Å². The molecule has 0 aliphatic heterocycles. The standard InChI is InChI=1S/C8H13BrF3NO2/c1-2-6(3-9)13-7(14)4-15-5-8(10,11)12/h6H,2-5H2,1H3,(H,13,14). The maximum absolute atomic E-state index is 11.6. The molecule has 0 aromatic carbocycles. The van der Waals surface area contributed by atoms with Gasteiger partial charge < -0.3 is 10.1 Å². The number of carbonyl (C=O) groups excluding carboxylic acids is 1. The number of alkyl halides is 4. The molecule has 0 aliphatic carbocycles. The van der Waals surface area contributed by atoms with Crippen LogP contribution in [0.5, 0.6) is 0 Å². The Morgan fingerprint density at radius 3 is 2.53 bits per heavy atom. The van der Waals surface area contributed by atoms with Gasteiger partial charge in [-0.15, -0.1) is 0 Å². The molecule has 90 valence electrons. The maximum Gasteiger partial charge on any atom is 0.411 e. The quantitative estimate of drug-likeness (QED) is 0.759. The molecule has 7 heteroatoms. The van der Waals surface area contributed by atoms with Crippen LogP contribution in [0.25, 0.3) is 0 Å². The van der Waals surface area contributed by atoms with Crippen LogP contribution in [0.15, 0.2) is 0 Å². The van der Waals surface area contributed by atoms with Crippen LogP contribution in [0.4, 0.5) is 13.2 Å². The van der Waals surface area contributed by atoms with Gasteiger partial charge in [-0.1, -0.05) is 22.9 Å². The lowest BCUT2D eigenvalue weighted by molar-refractivity contribution is -0.175. The van der Waals surface area contributed by atoms with Gasteiger partial charge in [0.1, 0.15) is 13.2 Å². The smallest absolute Gasteiger partial charge is 0.362 e. The van der Waals surface area contributed by atoms with Crippen LogP contribution in [-0.2, 0) is 9.53 Å². The number of rotatable bonds is 6. The SMILES string of the molecule is CCC(CBr)NC(=O)COCC(F)(F)F. The van der Waals surface area contributed by atoms with Gasteiger partial charge in [-0.05, 0) is 6.42 Å². The van der Waals surface area contributed by atoms with Gasteiger partial charge in [-0.25, -0.2) is 0 Å². The van der Waals surface area contributed by atoms with E-state index in [2.05, 4.69) is 26.0 Å². The van der Waals surface area contributed by atoms with Crippen molar-refractivity contribution in [3.8, 4) is 0 Å². The van der Waals surface area contributed by atoms with E-state index in [1.54, 1.807) is 0 Å². The predicted molar refractivity (Wildman–Crippen MR) is 52.9 cm³/mol. The summed E-state index contributed by atoms with van der Waals surface area (Å²) in [4.78, 5) is 11.0. The number of nitrogens with one attached hydrogen (secondary N) is 1. The summed E-state index contributed by atoms with van der Waals surface area (Å²) in [5.41, 5.74) is 0. The fourth-order valence-corrected chi connectivity index (χ4v) is 1.40. The van der Waals surface area contributed by atoms with Crippen molar-refractivity contribution in [2.24, 2.45) is 0 Å². The first-order valence-corrected chi connectivity index (χ1v) is 5.51. The van der Waals surface area contributed by atoms with Crippen molar-refractivity contribution < 1.29 is 22.7 Å². The summed E-state index contributed by atoms with van der Waals surface area (Å²) >= 11 is 3.17. The van der Waals surface area contributed by atoms with Gasteiger partial charge in [0.15, 0.2) is 0 Å². The number of hydrogen-bond donors (Lipinski definition) is 1. The molecule has 1 atom stereocenters. The van der Waals surface area contributed by atoms with Gasteiger partial charge >= 0.3 is 6.18 Å². The Balaban J connectivity index is 3.66. The summed E-state index contributed by atoms with van der Waals surface area (Å²) in [5.74, 6) is -0.537. The van der Waals surface area contributed by atoms with Crippen molar-refractivity contribution in [3.05, 3.63) is 0 Å². The highest BCUT2D eigenvalue weighted by Gasteiger charge is 2.27. The highest BCUT2D eigenvalue weighted by atomic mass is 79.9. The van der Waals surface area contributed by atoms with Gasteiger partial charge in [0.25, 0.3) is 0 Å². The summed E-state index contributed by atoms with van der Waals surface area (Å²) < 4.78 is 39.1. The minimum Gasteiger partial charge on any atom is -0.362 e. The molecule has 0 rings (SSSR count). The Morgan fingerprint density at radius 2 is 2.13 bits per heavy atom. The molecule has 1 N–H and O–H groups in total. The zero-order chi connectivity index (χ0) is 11.9. The zero-order valence-electron chi connectivity index (χ0n) is 8.23. The van der Waals surface area contributed by atoms with Gasteiger partial charge in [0.2, 0.25) is 5.91 Å². The largest absolute Gasteiger partial charge is 0.411 e. The molecule has 1 amide bonds. The number of halogens is 4. The lowest BCUT2D eigenvalue weighted by Crippen LogP contribution is -2.38. The summed E-state index contributed by atoms with van der Waals surface area (Å²) in [6, 6.07) is -0.0769. The van der Waals surface area contributed by atoms with Crippen LogP contribution >= 0.6 is 15.9 Å². The number of amides is 1. The van der Waals surface area contributed by atoms with E-state index in [-0.39, 0.29) is 6.04 Å². The van der Waals surface area contributed by atoms with E-state index < -0.39 is 25.3 Å². The molecule has 0 fully saturated rings. The van der Waals surface area contributed by atoms with E-state index >= 15 is 0 Å². The Morgan fingerprint density at radius 1 is 1.53 bits per heavy atom. The minimum atomic E-state index is -4.39. The molecule has 15 heavy (non-hydrogen) atoms. The molecule has 0 aromatic rings. The van der Waals surface area contributed by atoms with Crippen LogP contribution < -0.4 is 5.32 Å². The van der Waals surface area contributed by atoms with E-state index in [0.29, 0.717) is 11.8 Å². The molecule has 1 unspecified atom stereocenters. The van der Waals surface area contributed by atoms with Gasteiger partial charge in [-0.3, -0.25) is 4.79 Å². The Kier molecular flexibility index (Phi) is 6.91. The van der Waals surface area contributed by atoms with Gasteiger partial charge in [-0.2, -0.15) is 13.2 Å². The van der Waals surface area contributed by atoms with E-state index in [9.17, 15) is 18.0 Å². The molecular formula is C8H13BrF3NO2. The predicted octanol–water partition coefficient (Wildman–Crippen LogP) is 1.86. The normalized spacial score (nSPS) is 13.7. The number of ether oxygens (including phenoxy) is 1. The molecule has 0 aliphatic rings. The number of carbonyl (C=O) groups is 1. The molecule has 0 heterocycles. The second-order valence-corrected chi connectivity index (χ2v) is 3.58. The maximum atomic E-state index is 11.6. The summed E-state index contributed by atoms with van der Waals surface area (Å²) in [6.45, 7) is -0.0999. The highest BCUT2D eigenvalue weighted by molar-refractivity contribution is 9.09. The van der Waals surface area contributed by atoms with Crippen LogP contribution in [-0.4, -0.2) is 36.7 Å². The van der Waals surface area contributed by atoms with Crippen molar-refractivity contribution in [1.29, 1.82) is 0 Å². The van der Waals surface area contributed by atoms with Crippen molar-refractivity contribution in [3.63, 3.8) is 0 Å². The molecule has 0 radical (unpaired) electrons. The van der Waals surface area contributed by atoms with Crippen LogP contribution in [0.2, 0.25) is 0 Å². The van der Waals surface area contributed by atoms with Crippen molar-refractivity contribution >= 4 is 21.8 Å². The lowest BCUT2D eigenvalue weighted by atomic mass is 10.2. The van der Waals surface area contributed by atoms with Crippen LogP contribution in [0.1, 0.15) is 13.3 Å². The summed E-state index contributed by atoms with van der Waals surface area (Å²) in [7, 11) is 0. The third kappa shape index (κ3) is 8.68. The average Bonchev–Trinajstić information content (AvgIpc) is 2.12. The Labute approximate surface area is 94.5 Å². The number of hydrogen-bond acceptors (Lipinski definition) is 2. The second kappa shape index (κ2) is 7.05. The highest BCUT2D eigenvalue weighted by Crippen LogP contribution is 2.14. The second-order valence-electron chi connectivity index (χ2n) is 2.93. The minimum absolute atomic E-state index is 0.0769. The fraction of sp³-hybridized carbons (Fsp3) is 0.875. The molecular weight excluding hydrogens is 279 g/mol. The van der Waals surface area contributed by atoms with E-state index in [0.717, 1.165) is 0 Å². The van der Waals surface area contributed by atoms with Crippen molar-refractivity contribution in [1.82, 2.24) is 5.32 Å². The molecule has 0 aromatic heterocycles. The van der Waals surface area contributed by atoms with Crippen molar-refractivity contribution in [2.75, 3.05) is 18.5 Å². The van der Waals surface area contributed by atoms with E-state index in [1.807, 2.05) is 6.92 Å². The first kappa shape index (κ1) is 14.7. The zero-order valence-corrected chi connectivity index (χ0v) is 9.82. The topological polar surface area (TPSA) is 38.3 Å². The van der Waals surface area contributed by atoms with E-state index in [1.165, 1.54) is 0 Å². The van der Waals surface area contributed by atoms with Gasteiger partial charge in [0, 0.05) is 11.4 Å². The molecule has 3 nitrogen and oxygen atoms in total. The molecule has 0 spiro atoms. The third-order valence-electron chi connectivity index (χ3n) is 1.54. The van der Waals surface area contributed by atoms with Crippen LogP contribution in [0.3, 0.4) is 0 Å². The Bertz CT molecular complexity index is 195. The fourth-order valence-electron chi connectivity index (χ4n) is 0.779. The lowest BCUT2D eigenvalue weighted by Gasteiger charge is -2.14. The third-order valence-corrected chi connectivity index (χ3v) is 2.32. The van der Waals surface area contributed by atoms with Crippen molar-refractivity contribution in [2.45, 2.75) is 25.6 Å². The van der Waals surface area contributed by atoms with Crippen LogP contribution in [0, 0.1) is 0 Å². The monoisotopic (exact) mass is 291 g/mol. The molecule has 0 saturated heterocycles. The summed E-state index contributed by atoms with van der Waals surface area (Å²) in [5, 5.41) is 3.09. The average molecular weight is 292 g/mol.